The minimum absolute atomic E-state index is 0.0123. The summed E-state index contributed by atoms with van der Waals surface area (Å²) in [5, 5.41) is 3.64. The molecule has 0 saturated carbocycles. The normalized spacial score (nSPS) is 23.9. The van der Waals surface area contributed by atoms with Gasteiger partial charge in [-0.1, -0.05) is 13.3 Å². The van der Waals surface area contributed by atoms with Crippen LogP contribution in [0.5, 0.6) is 0 Å². The lowest BCUT2D eigenvalue weighted by Gasteiger charge is -2.53. The molecule has 5 nitrogen and oxygen atoms in total. The molecule has 1 aliphatic heterocycles. The fourth-order valence-corrected chi connectivity index (χ4v) is 3.29. The molecule has 1 aliphatic rings. The van der Waals surface area contributed by atoms with Gasteiger partial charge in [0.1, 0.15) is 18.5 Å². The smallest absolute Gasteiger partial charge is 0.142 e. The first-order chi connectivity index (χ1) is 10.3. The van der Waals surface area contributed by atoms with E-state index in [0.29, 0.717) is 0 Å². The zero-order valence-corrected chi connectivity index (χ0v) is 14.7. The quantitative estimate of drug-likeness (QED) is 0.848. The van der Waals surface area contributed by atoms with Crippen molar-refractivity contribution in [1.29, 1.82) is 0 Å². The molecule has 1 unspecified atom stereocenters. The van der Waals surface area contributed by atoms with Gasteiger partial charge in [0.25, 0.3) is 0 Å². The molecule has 2 rings (SSSR count). The summed E-state index contributed by atoms with van der Waals surface area (Å²) >= 11 is 0. The van der Waals surface area contributed by atoms with Crippen LogP contribution in [0.4, 0.5) is 0 Å². The maximum atomic E-state index is 4.43. The molecule has 22 heavy (non-hydrogen) atoms. The lowest BCUT2D eigenvalue weighted by Crippen LogP contribution is -2.60. The van der Waals surface area contributed by atoms with Gasteiger partial charge >= 0.3 is 0 Å². The second-order valence-corrected chi connectivity index (χ2v) is 7.18. The van der Waals surface area contributed by atoms with E-state index in [0.717, 1.165) is 18.8 Å². The van der Waals surface area contributed by atoms with Crippen molar-refractivity contribution in [2.45, 2.75) is 64.5 Å². The summed E-state index contributed by atoms with van der Waals surface area (Å²) in [6, 6.07) is 0. The number of rotatable bonds is 5. The number of unbranched alkanes of at least 4 members (excludes halogenated alkanes) is 1. The molecule has 2 heterocycles. The van der Waals surface area contributed by atoms with Crippen LogP contribution in [0.2, 0.25) is 0 Å². The van der Waals surface area contributed by atoms with Crippen LogP contribution in [0.15, 0.2) is 24.4 Å². The summed E-state index contributed by atoms with van der Waals surface area (Å²) in [6.07, 6.45) is 7.84. The molecule has 0 fully saturated rings. The molecule has 1 atom stereocenters. The van der Waals surface area contributed by atoms with E-state index in [2.05, 4.69) is 72.9 Å². The van der Waals surface area contributed by atoms with Gasteiger partial charge in [0.15, 0.2) is 0 Å². The van der Waals surface area contributed by atoms with Gasteiger partial charge in [0.05, 0.1) is 5.92 Å². The van der Waals surface area contributed by atoms with E-state index >= 15 is 0 Å². The van der Waals surface area contributed by atoms with E-state index in [1.165, 1.54) is 12.1 Å². The van der Waals surface area contributed by atoms with E-state index in [4.69, 9.17) is 0 Å². The van der Waals surface area contributed by atoms with Crippen LogP contribution in [0, 0.1) is 0 Å². The summed E-state index contributed by atoms with van der Waals surface area (Å²) in [6.45, 7) is 12.2. The SMILES string of the molecule is CCCCNC1=CC(C)(C)N(C)C(C)(C)C1c1ncncn1. The molecule has 0 bridgehead atoms. The maximum absolute atomic E-state index is 4.43. The highest BCUT2D eigenvalue weighted by molar-refractivity contribution is 5.31. The second kappa shape index (κ2) is 6.32. The Hall–Kier alpha value is -1.49. The van der Waals surface area contributed by atoms with Gasteiger partial charge in [-0.15, -0.1) is 0 Å². The molecular weight excluding hydrogens is 274 g/mol. The fraction of sp³-hybridized carbons (Fsp3) is 0.706. The Morgan fingerprint density at radius 3 is 2.41 bits per heavy atom. The molecule has 122 valence electrons. The molecule has 1 aromatic heterocycles. The van der Waals surface area contributed by atoms with Crippen molar-refractivity contribution in [2.24, 2.45) is 0 Å². The highest BCUT2D eigenvalue weighted by atomic mass is 15.2. The van der Waals surface area contributed by atoms with E-state index in [1.807, 2.05) is 0 Å². The standard InChI is InChI=1S/C17H29N5/c1-7-8-9-19-13-10-16(2,3)22(6)17(4,5)14(13)15-20-11-18-12-21-15/h10-12,14,19H,7-9H2,1-6H3. The van der Waals surface area contributed by atoms with Crippen LogP contribution in [0.25, 0.3) is 0 Å². The molecule has 5 heteroatoms. The van der Waals surface area contributed by atoms with Gasteiger partial charge < -0.3 is 5.32 Å². The maximum Gasteiger partial charge on any atom is 0.142 e. The Morgan fingerprint density at radius 1 is 1.18 bits per heavy atom. The van der Waals surface area contributed by atoms with Crippen molar-refractivity contribution in [1.82, 2.24) is 25.2 Å². The summed E-state index contributed by atoms with van der Waals surface area (Å²) < 4.78 is 0. The fourth-order valence-electron chi connectivity index (χ4n) is 3.29. The molecule has 0 aromatic carbocycles. The predicted molar refractivity (Wildman–Crippen MR) is 89.5 cm³/mol. The van der Waals surface area contributed by atoms with Crippen LogP contribution in [-0.4, -0.2) is 44.5 Å². The second-order valence-electron chi connectivity index (χ2n) is 7.18. The van der Waals surface area contributed by atoms with Crippen molar-refractivity contribution < 1.29 is 0 Å². The van der Waals surface area contributed by atoms with Crippen LogP contribution in [0.1, 0.15) is 59.2 Å². The van der Waals surface area contributed by atoms with Crippen LogP contribution in [-0.2, 0) is 0 Å². The number of aromatic nitrogens is 3. The first-order valence-corrected chi connectivity index (χ1v) is 8.13. The largest absolute Gasteiger partial charge is 0.388 e. The van der Waals surface area contributed by atoms with E-state index < -0.39 is 0 Å². The zero-order chi connectivity index (χ0) is 16.4. The van der Waals surface area contributed by atoms with Crippen LogP contribution in [0.3, 0.4) is 0 Å². The van der Waals surface area contributed by atoms with E-state index in [9.17, 15) is 0 Å². The Kier molecular flexibility index (Phi) is 4.85. The monoisotopic (exact) mass is 303 g/mol. The summed E-state index contributed by atoms with van der Waals surface area (Å²) in [4.78, 5) is 15.2. The third-order valence-corrected chi connectivity index (χ3v) is 4.89. The van der Waals surface area contributed by atoms with Crippen LogP contribution >= 0.6 is 0 Å². The van der Waals surface area contributed by atoms with Gasteiger partial charge in [0, 0.05) is 23.3 Å². The first-order valence-electron chi connectivity index (χ1n) is 8.13. The molecule has 0 amide bonds. The topological polar surface area (TPSA) is 53.9 Å². The average molecular weight is 303 g/mol. The number of hydrogen-bond acceptors (Lipinski definition) is 5. The number of nitrogens with one attached hydrogen (secondary N) is 1. The lowest BCUT2D eigenvalue weighted by atomic mass is 9.75. The average Bonchev–Trinajstić information content (AvgIpc) is 2.46. The third kappa shape index (κ3) is 3.14. The predicted octanol–water partition coefficient (Wildman–Crippen LogP) is 2.73. The molecule has 1 aromatic rings. The van der Waals surface area contributed by atoms with Crippen molar-refractivity contribution in [2.75, 3.05) is 13.6 Å². The molecule has 0 spiro atoms. The summed E-state index contributed by atoms with van der Waals surface area (Å²) in [5.41, 5.74) is 1.13. The Labute approximate surface area is 134 Å². The highest BCUT2D eigenvalue weighted by Crippen LogP contribution is 2.43. The van der Waals surface area contributed by atoms with Crippen molar-refractivity contribution in [3.8, 4) is 0 Å². The molecule has 1 N–H and O–H groups in total. The zero-order valence-electron chi connectivity index (χ0n) is 14.7. The molecular formula is C17H29N5. The molecule has 0 aliphatic carbocycles. The number of hydrogen-bond donors (Lipinski definition) is 1. The first kappa shape index (κ1) is 16.9. The number of likely N-dealkylation sites (N-methyl/N-ethyl adjacent to an activating group) is 1. The molecule has 0 radical (unpaired) electrons. The van der Waals surface area contributed by atoms with Gasteiger partial charge in [-0.3, -0.25) is 4.90 Å². The lowest BCUT2D eigenvalue weighted by molar-refractivity contribution is 0.0421. The van der Waals surface area contributed by atoms with E-state index in [1.54, 1.807) is 12.7 Å². The van der Waals surface area contributed by atoms with Gasteiger partial charge in [0.2, 0.25) is 0 Å². The van der Waals surface area contributed by atoms with Crippen molar-refractivity contribution in [3.63, 3.8) is 0 Å². The van der Waals surface area contributed by atoms with Crippen molar-refractivity contribution in [3.05, 3.63) is 30.3 Å². The van der Waals surface area contributed by atoms with Crippen LogP contribution < -0.4 is 5.32 Å². The van der Waals surface area contributed by atoms with E-state index in [-0.39, 0.29) is 17.0 Å². The summed E-state index contributed by atoms with van der Waals surface area (Å²) in [5.74, 6) is 0.947. The Balaban J connectivity index is 2.44. The Morgan fingerprint density at radius 2 is 1.82 bits per heavy atom. The minimum Gasteiger partial charge on any atom is -0.388 e. The highest BCUT2D eigenvalue weighted by Gasteiger charge is 2.47. The minimum atomic E-state index is -0.0891. The van der Waals surface area contributed by atoms with Gasteiger partial charge in [-0.2, -0.15) is 0 Å². The van der Waals surface area contributed by atoms with Gasteiger partial charge in [-0.05, 0) is 47.2 Å². The Bertz CT molecular complexity index is 521. The number of nitrogens with zero attached hydrogens (tertiary/aromatic N) is 4. The van der Waals surface area contributed by atoms with Crippen molar-refractivity contribution >= 4 is 0 Å². The summed E-state index contributed by atoms with van der Waals surface area (Å²) in [7, 11) is 2.17. The molecule has 0 saturated heterocycles. The third-order valence-electron chi connectivity index (χ3n) is 4.89. The van der Waals surface area contributed by atoms with Gasteiger partial charge in [-0.25, -0.2) is 15.0 Å².